The van der Waals surface area contributed by atoms with Crippen molar-refractivity contribution in [3.8, 4) is 22.6 Å². The Morgan fingerprint density at radius 2 is 2.04 bits per heavy atom. The summed E-state index contributed by atoms with van der Waals surface area (Å²) in [5, 5.41) is 20.5. The standard InChI is InChI=1S/C21H24N2O3/c1-26-20-10-15(9-19(25)11-20)14-4-5-21-16(7-14)8-17(22-21)12-23-6-2-3-18(23)13-24/h4-5,7-11,18,22,24-25H,2-3,6,12-13H2,1H3/t18-/m1/s1. The Labute approximate surface area is 152 Å². The van der Waals surface area contributed by atoms with Gasteiger partial charge in [0.1, 0.15) is 11.5 Å². The first-order valence-corrected chi connectivity index (χ1v) is 9.01. The third-order valence-electron chi connectivity index (χ3n) is 5.22. The zero-order chi connectivity index (χ0) is 18.1. The number of rotatable bonds is 5. The van der Waals surface area contributed by atoms with Crippen LogP contribution in [0.25, 0.3) is 22.0 Å². The molecular weight excluding hydrogens is 328 g/mol. The number of nitrogens with zero attached hydrogens (tertiary/aromatic N) is 1. The molecule has 1 atom stereocenters. The number of likely N-dealkylation sites (tertiary alicyclic amines) is 1. The topological polar surface area (TPSA) is 68.7 Å². The quantitative estimate of drug-likeness (QED) is 0.657. The van der Waals surface area contributed by atoms with Crippen molar-refractivity contribution in [3.63, 3.8) is 0 Å². The van der Waals surface area contributed by atoms with Gasteiger partial charge in [-0.05, 0) is 60.8 Å². The lowest BCUT2D eigenvalue weighted by Gasteiger charge is -2.21. The number of aromatic nitrogens is 1. The summed E-state index contributed by atoms with van der Waals surface area (Å²) >= 11 is 0. The summed E-state index contributed by atoms with van der Waals surface area (Å²) in [7, 11) is 1.60. The average molecular weight is 352 g/mol. The Balaban J connectivity index is 1.63. The number of benzene rings is 2. The van der Waals surface area contributed by atoms with Crippen LogP contribution in [-0.2, 0) is 6.54 Å². The van der Waals surface area contributed by atoms with Gasteiger partial charge in [-0.1, -0.05) is 6.07 Å². The van der Waals surface area contributed by atoms with Crippen LogP contribution in [0.4, 0.5) is 0 Å². The molecule has 0 radical (unpaired) electrons. The molecule has 1 fully saturated rings. The minimum absolute atomic E-state index is 0.193. The second-order valence-electron chi connectivity index (χ2n) is 6.97. The van der Waals surface area contributed by atoms with E-state index in [1.807, 2.05) is 12.1 Å². The third kappa shape index (κ3) is 3.28. The van der Waals surface area contributed by atoms with Gasteiger partial charge in [-0.15, -0.1) is 0 Å². The first kappa shape index (κ1) is 16.9. The fourth-order valence-corrected chi connectivity index (χ4v) is 3.85. The number of aromatic hydroxyl groups is 1. The number of aliphatic hydroxyl groups is 1. The van der Waals surface area contributed by atoms with Crippen LogP contribution in [0.15, 0.2) is 42.5 Å². The lowest BCUT2D eigenvalue weighted by atomic mass is 10.0. The number of hydrogen-bond donors (Lipinski definition) is 3. The van der Waals surface area contributed by atoms with E-state index in [1.54, 1.807) is 19.2 Å². The molecule has 2 aromatic carbocycles. The summed E-state index contributed by atoms with van der Waals surface area (Å²) < 4.78 is 5.25. The zero-order valence-electron chi connectivity index (χ0n) is 14.9. The van der Waals surface area contributed by atoms with Crippen molar-refractivity contribution in [2.75, 3.05) is 20.3 Å². The lowest BCUT2D eigenvalue weighted by molar-refractivity contribution is 0.152. The molecule has 0 bridgehead atoms. The number of phenols is 1. The number of H-pyrrole nitrogens is 1. The summed E-state index contributed by atoms with van der Waals surface area (Å²) in [6, 6.07) is 13.9. The highest BCUT2D eigenvalue weighted by Gasteiger charge is 2.24. The van der Waals surface area contributed by atoms with Crippen LogP contribution in [0.2, 0.25) is 0 Å². The van der Waals surface area contributed by atoms with Gasteiger partial charge in [-0.25, -0.2) is 0 Å². The molecule has 0 spiro atoms. The van der Waals surface area contributed by atoms with E-state index in [-0.39, 0.29) is 18.4 Å². The molecule has 0 aliphatic carbocycles. The first-order valence-electron chi connectivity index (χ1n) is 9.01. The Kier molecular flexibility index (Phi) is 4.57. The van der Waals surface area contributed by atoms with Gasteiger partial charge in [-0.2, -0.15) is 0 Å². The van der Waals surface area contributed by atoms with E-state index in [0.717, 1.165) is 53.7 Å². The molecule has 5 nitrogen and oxygen atoms in total. The smallest absolute Gasteiger partial charge is 0.123 e. The molecule has 1 aliphatic rings. The fraction of sp³-hybridized carbons (Fsp3) is 0.333. The van der Waals surface area contributed by atoms with E-state index in [0.29, 0.717) is 5.75 Å². The van der Waals surface area contributed by atoms with Crippen LogP contribution in [0.3, 0.4) is 0 Å². The SMILES string of the molecule is COc1cc(O)cc(-c2ccc3[nH]c(CN4CCC[C@@H]4CO)cc3c2)c1. The summed E-state index contributed by atoms with van der Waals surface area (Å²) in [6.45, 7) is 2.09. The number of fused-ring (bicyclic) bond motifs is 1. The molecule has 3 N–H and O–H groups in total. The molecular formula is C21H24N2O3. The molecule has 2 heterocycles. The van der Waals surface area contributed by atoms with E-state index >= 15 is 0 Å². The van der Waals surface area contributed by atoms with Gasteiger partial charge < -0.3 is 19.9 Å². The molecule has 1 aliphatic heterocycles. The van der Waals surface area contributed by atoms with Crippen LogP contribution >= 0.6 is 0 Å². The number of nitrogens with one attached hydrogen (secondary N) is 1. The van der Waals surface area contributed by atoms with Crippen LogP contribution in [0, 0.1) is 0 Å². The summed E-state index contributed by atoms with van der Waals surface area (Å²) in [6.07, 6.45) is 2.22. The van der Waals surface area contributed by atoms with Crippen molar-refractivity contribution in [2.45, 2.75) is 25.4 Å². The zero-order valence-corrected chi connectivity index (χ0v) is 14.9. The van der Waals surface area contributed by atoms with Gasteiger partial charge in [0.25, 0.3) is 0 Å². The molecule has 5 heteroatoms. The molecule has 1 aromatic heterocycles. The van der Waals surface area contributed by atoms with Crippen LogP contribution in [0.5, 0.6) is 11.5 Å². The highest BCUT2D eigenvalue weighted by atomic mass is 16.5. The summed E-state index contributed by atoms with van der Waals surface area (Å²) in [5.74, 6) is 0.831. The Hall–Kier alpha value is -2.50. The van der Waals surface area contributed by atoms with E-state index in [1.165, 1.54) is 0 Å². The number of aromatic amines is 1. The molecule has 26 heavy (non-hydrogen) atoms. The monoisotopic (exact) mass is 352 g/mol. The van der Waals surface area contributed by atoms with Crippen molar-refractivity contribution in [1.29, 1.82) is 0 Å². The largest absolute Gasteiger partial charge is 0.508 e. The second kappa shape index (κ2) is 7.02. The van der Waals surface area contributed by atoms with E-state index in [9.17, 15) is 10.2 Å². The number of hydrogen-bond acceptors (Lipinski definition) is 4. The van der Waals surface area contributed by atoms with Gasteiger partial charge in [-0.3, -0.25) is 4.90 Å². The molecule has 0 unspecified atom stereocenters. The second-order valence-corrected chi connectivity index (χ2v) is 6.97. The Bertz CT molecular complexity index is 919. The van der Waals surface area contributed by atoms with Crippen molar-refractivity contribution in [3.05, 3.63) is 48.2 Å². The van der Waals surface area contributed by atoms with E-state index in [2.05, 4.69) is 28.1 Å². The maximum absolute atomic E-state index is 9.90. The Morgan fingerprint density at radius 3 is 2.85 bits per heavy atom. The average Bonchev–Trinajstić information content (AvgIpc) is 3.26. The normalized spacial score (nSPS) is 17.8. The maximum Gasteiger partial charge on any atom is 0.123 e. The van der Waals surface area contributed by atoms with E-state index in [4.69, 9.17) is 4.74 Å². The van der Waals surface area contributed by atoms with Crippen molar-refractivity contribution < 1.29 is 14.9 Å². The lowest BCUT2D eigenvalue weighted by Crippen LogP contribution is -2.31. The highest BCUT2D eigenvalue weighted by Crippen LogP contribution is 2.31. The third-order valence-corrected chi connectivity index (χ3v) is 5.22. The summed E-state index contributed by atoms with van der Waals surface area (Å²) in [4.78, 5) is 5.82. The summed E-state index contributed by atoms with van der Waals surface area (Å²) in [5.41, 5.74) is 4.21. The van der Waals surface area contributed by atoms with Crippen LogP contribution < -0.4 is 4.74 Å². The minimum atomic E-state index is 0.193. The molecule has 3 aromatic rings. The number of methoxy groups -OCH3 is 1. The predicted octanol–water partition coefficient (Wildman–Crippen LogP) is 3.51. The van der Waals surface area contributed by atoms with Gasteiger partial charge in [0.15, 0.2) is 0 Å². The number of phenolic OH excluding ortho intramolecular Hbond substituents is 1. The van der Waals surface area contributed by atoms with Crippen LogP contribution in [0.1, 0.15) is 18.5 Å². The number of ether oxygens (including phenoxy) is 1. The predicted molar refractivity (Wildman–Crippen MR) is 102 cm³/mol. The van der Waals surface area contributed by atoms with Gasteiger partial charge in [0.05, 0.1) is 13.7 Å². The first-order chi connectivity index (χ1) is 12.7. The van der Waals surface area contributed by atoms with Crippen LogP contribution in [-0.4, -0.2) is 46.4 Å². The minimum Gasteiger partial charge on any atom is -0.508 e. The molecule has 136 valence electrons. The van der Waals surface area contributed by atoms with Gasteiger partial charge >= 0.3 is 0 Å². The fourth-order valence-electron chi connectivity index (χ4n) is 3.85. The van der Waals surface area contributed by atoms with E-state index < -0.39 is 0 Å². The molecule has 1 saturated heterocycles. The van der Waals surface area contributed by atoms with Gasteiger partial charge in [0, 0.05) is 35.2 Å². The molecule has 0 amide bonds. The highest BCUT2D eigenvalue weighted by molar-refractivity contribution is 5.86. The van der Waals surface area contributed by atoms with Crippen molar-refractivity contribution >= 4 is 10.9 Å². The van der Waals surface area contributed by atoms with Crippen molar-refractivity contribution in [2.24, 2.45) is 0 Å². The molecule has 0 saturated carbocycles. The number of aliphatic hydroxyl groups excluding tert-OH is 1. The van der Waals surface area contributed by atoms with Gasteiger partial charge in [0.2, 0.25) is 0 Å². The molecule has 4 rings (SSSR count). The maximum atomic E-state index is 9.90. The van der Waals surface area contributed by atoms with Crippen molar-refractivity contribution in [1.82, 2.24) is 9.88 Å². The Morgan fingerprint density at radius 1 is 1.15 bits per heavy atom.